The lowest BCUT2D eigenvalue weighted by molar-refractivity contribution is 0.116. The summed E-state index contributed by atoms with van der Waals surface area (Å²) in [5.74, 6) is 0.434. The molecule has 3 rings (SSSR count). The van der Waals surface area contributed by atoms with Crippen molar-refractivity contribution in [2.75, 3.05) is 19.7 Å². The maximum absolute atomic E-state index is 9.34. The molecule has 1 saturated heterocycles. The molecule has 1 aliphatic rings. The lowest BCUT2D eigenvalue weighted by Crippen LogP contribution is -2.36. The number of hydrogen-bond donors (Lipinski definition) is 1. The smallest absolute Gasteiger partial charge is 0.0645 e. The van der Waals surface area contributed by atoms with Crippen LogP contribution in [-0.2, 0) is 6.54 Å². The van der Waals surface area contributed by atoms with E-state index >= 15 is 0 Å². The molecule has 1 aliphatic heterocycles. The van der Waals surface area contributed by atoms with Crippen LogP contribution in [0.2, 0.25) is 0 Å². The fourth-order valence-corrected chi connectivity index (χ4v) is 3.05. The van der Waals surface area contributed by atoms with Crippen LogP contribution < -0.4 is 0 Å². The molecule has 4 heteroatoms. The lowest BCUT2D eigenvalue weighted by Gasteiger charge is -2.31. The number of nitrogens with zero attached hydrogens (tertiary/aromatic N) is 3. The molecule has 1 aromatic heterocycles. The highest BCUT2D eigenvalue weighted by Gasteiger charge is 2.20. The standard InChI is InChI=1S/C17H23N3O/c1-14-16(11-19-9-5-6-15(10-19)13-21)12-20(18-14)17-7-3-2-4-8-17/h2-4,7-8,12,15,21H,5-6,9-11,13H2,1H3. The minimum Gasteiger partial charge on any atom is -0.396 e. The lowest BCUT2D eigenvalue weighted by atomic mass is 9.98. The zero-order valence-corrected chi connectivity index (χ0v) is 12.6. The van der Waals surface area contributed by atoms with E-state index in [-0.39, 0.29) is 0 Å². The largest absolute Gasteiger partial charge is 0.396 e. The molecule has 0 spiro atoms. The highest BCUT2D eigenvalue weighted by Crippen LogP contribution is 2.20. The first-order chi connectivity index (χ1) is 10.3. The summed E-state index contributed by atoms with van der Waals surface area (Å²) in [6.07, 6.45) is 4.46. The van der Waals surface area contributed by atoms with E-state index in [0.29, 0.717) is 12.5 Å². The van der Waals surface area contributed by atoms with Crippen molar-refractivity contribution in [2.45, 2.75) is 26.3 Å². The number of hydrogen-bond acceptors (Lipinski definition) is 3. The topological polar surface area (TPSA) is 41.3 Å². The number of para-hydroxylation sites is 1. The van der Waals surface area contributed by atoms with E-state index in [9.17, 15) is 5.11 Å². The Morgan fingerprint density at radius 2 is 2.10 bits per heavy atom. The fourth-order valence-electron chi connectivity index (χ4n) is 3.05. The average molecular weight is 285 g/mol. The molecule has 1 N–H and O–H groups in total. The number of aromatic nitrogens is 2. The summed E-state index contributed by atoms with van der Waals surface area (Å²) in [5, 5.41) is 14.0. The predicted molar refractivity (Wildman–Crippen MR) is 83.4 cm³/mol. The minimum absolute atomic E-state index is 0.304. The van der Waals surface area contributed by atoms with Crippen molar-refractivity contribution in [2.24, 2.45) is 5.92 Å². The van der Waals surface area contributed by atoms with Gasteiger partial charge in [-0.05, 0) is 44.4 Å². The summed E-state index contributed by atoms with van der Waals surface area (Å²) in [4.78, 5) is 2.43. The molecule has 1 aromatic carbocycles. The Morgan fingerprint density at radius 1 is 1.29 bits per heavy atom. The number of piperidine rings is 1. The molecule has 0 saturated carbocycles. The van der Waals surface area contributed by atoms with Crippen LogP contribution in [0, 0.1) is 12.8 Å². The van der Waals surface area contributed by atoms with Crippen molar-refractivity contribution in [3.8, 4) is 5.69 Å². The van der Waals surface area contributed by atoms with E-state index in [1.165, 1.54) is 12.0 Å². The van der Waals surface area contributed by atoms with Crippen molar-refractivity contribution < 1.29 is 5.11 Å². The third-order valence-corrected chi connectivity index (χ3v) is 4.28. The van der Waals surface area contributed by atoms with Crippen molar-refractivity contribution in [3.63, 3.8) is 0 Å². The van der Waals surface area contributed by atoms with Gasteiger partial charge in [-0.3, -0.25) is 4.90 Å². The molecular formula is C17H23N3O. The Kier molecular flexibility index (Phi) is 4.36. The van der Waals surface area contributed by atoms with Crippen molar-refractivity contribution in [1.82, 2.24) is 14.7 Å². The number of aryl methyl sites for hydroxylation is 1. The Labute approximate surface area is 126 Å². The Hall–Kier alpha value is -1.65. The molecule has 2 heterocycles. The number of rotatable bonds is 4. The van der Waals surface area contributed by atoms with Crippen LogP contribution in [0.1, 0.15) is 24.1 Å². The van der Waals surface area contributed by atoms with E-state index in [4.69, 9.17) is 0 Å². The number of aliphatic hydroxyl groups is 1. The van der Waals surface area contributed by atoms with E-state index in [1.54, 1.807) is 0 Å². The van der Waals surface area contributed by atoms with E-state index in [2.05, 4.69) is 35.3 Å². The summed E-state index contributed by atoms with van der Waals surface area (Å²) in [5.41, 5.74) is 3.46. The SMILES string of the molecule is Cc1nn(-c2ccccc2)cc1CN1CCCC(CO)C1. The van der Waals surface area contributed by atoms with Gasteiger partial charge in [0.05, 0.1) is 11.4 Å². The Balaban J connectivity index is 1.73. The molecular weight excluding hydrogens is 262 g/mol. The van der Waals surface area contributed by atoms with Gasteiger partial charge in [-0.2, -0.15) is 5.10 Å². The molecule has 1 fully saturated rings. The molecule has 112 valence electrons. The minimum atomic E-state index is 0.304. The van der Waals surface area contributed by atoms with Crippen LogP contribution in [0.4, 0.5) is 0 Å². The molecule has 0 amide bonds. The van der Waals surface area contributed by atoms with Gasteiger partial charge in [0.2, 0.25) is 0 Å². The van der Waals surface area contributed by atoms with Crippen LogP contribution >= 0.6 is 0 Å². The van der Waals surface area contributed by atoms with Gasteiger partial charge in [-0.1, -0.05) is 18.2 Å². The normalized spacial score (nSPS) is 19.8. The maximum Gasteiger partial charge on any atom is 0.0645 e. The average Bonchev–Trinajstić information content (AvgIpc) is 2.89. The summed E-state index contributed by atoms with van der Waals surface area (Å²) in [6, 6.07) is 10.2. The fraction of sp³-hybridized carbons (Fsp3) is 0.471. The summed E-state index contributed by atoms with van der Waals surface area (Å²) in [7, 11) is 0. The highest BCUT2D eigenvalue weighted by atomic mass is 16.3. The quantitative estimate of drug-likeness (QED) is 0.938. The first kappa shape index (κ1) is 14.3. The molecule has 2 aromatic rings. The third kappa shape index (κ3) is 3.34. The molecule has 0 bridgehead atoms. The zero-order valence-electron chi connectivity index (χ0n) is 12.6. The van der Waals surface area contributed by atoms with Crippen LogP contribution in [0.3, 0.4) is 0 Å². The van der Waals surface area contributed by atoms with Gasteiger partial charge < -0.3 is 5.11 Å². The van der Waals surface area contributed by atoms with Crippen LogP contribution in [-0.4, -0.2) is 39.5 Å². The van der Waals surface area contributed by atoms with Crippen LogP contribution in [0.25, 0.3) is 5.69 Å². The molecule has 1 atom stereocenters. The summed E-state index contributed by atoms with van der Waals surface area (Å²) in [6.45, 7) is 5.41. The van der Waals surface area contributed by atoms with Crippen molar-refractivity contribution in [1.29, 1.82) is 0 Å². The molecule has 0 radical (unpaired) electrons. The van der Waals surface area contributed by atoms with Gasteiger partial charge in [0, 0.05) is 31.5 Å². The number of likely N-dealkylation sites (tertiary alicyclic amines) is 1. The van der Waals surface area contributed by atoms with Gasteiger partial charge in [0.25, 0.3) is 0 Å². The van der Waals surface area contributed by atoms with Crippen molar-refractivity contribution >= 4 is 0 Å². The molecule has 0 aliphatic carbocycles. The molecule has 4 nitrogen and oxygen atoms in total. The Morgan fingerprint density at radius 3 is 2.86 bits per heavy atom. The predicted octanol–water partition coefficient (Wildman–Crippen LogP) is 2.39. The third-order valence-electron chi connectivity index (χ3n) is 4.28. The second kappa shape index (κ2) is 6.41. The monoisotopic (exact) mass is 285 g/mol. The van der Waals surface area contributed by atoms with Gasteiger partial charge in [-0.15, -0.1) is 0 Å². The second-order valence-corrected chi connectivity index (χ2v) is 5.95. The highest BCUT2D eigenvalue weighted by molar-refractivity contribution is 5.32. The second-order valence-electron chi connectivity index (χ2n) is 5.95. The van der Waals surface area contributed by atoms with Gasteiger partial charge in [0.15, 0.2) is 0 Å². The first-order valence-electron chi connectivity index (χ1n) is 7.70. The van der Waals surface area contributed by atoms with E-state index in [0.717, 1.165) is 37.4 Å². The van der Waals surface area contributed by atoms with Gasteiger partial charge in [0.1, 0.15) is 0 Å². The number of benzene rings is 1. The number of aliphatic hydroxyl groups excluding tert-OH is 1. The molecule has 1 unspecified atom stereocenters. The van der Waals surface area contributed by atoms with E-state index < -0.39 is 0 Å². The van der Waals surface area contributed by atoms with Gasteiger partial charge in [-0.25, -0.2) is 4.68 Å². The van der Waals surface area contributed by atoms with Crippen LogP contribution in [0.5, 0.6) is 0 Å². The van der Waals surface area contributed by atoms with Gasteiger partial charge >= 0.3 is 0 Å². The summed E-state index contributed by atoms with van der Waals surface area (Å²) >= 11 is 0. The molecule has 21 heavy (non-hydrogen) atoms. The van der Waals surface area contributed by atoms with Crippen LogP contribution in [0.15, 0.2) is 36.5 Å². The van der Waals surface area contributed by atoms with E-state index in [1.807, 2.05) is 22.9 Å². The first-order valence-corrected chi connectivity index (χ1v) is 7.70. The Bertz CT molecular complexity index is 579. The zero-order chi connectivity index (χ0) is 14.7. The summed E-state index contributed by atoms with van der Waals surface area (Å²) < 4.78 is 1.96. The maximum atomic E-state index is 9.34. The van der Waals surface area contributed by atoms with Crippen molar-refractivity contribution in [3.05, 3.63) is 47.8 Å².